The molecular formula is C14H10N4O2S2. The molecule has 3 N–H and O–H groups in total. The number of nitrogens with one attached hydrogen (secondary N) is 2. The maximum atomic E-state index is 11.7. The number of aromatic nitrogens is 3. The van der Waals surface area contributed by atoms with Crippen molar-refractivity contribution in [2.24, 2.45) is 4.99 Å². The van der Waals surface area contributed by atoms with Crippen LogP contribution in [0.2, 0.25) is 0 Å². The van der Waals surface area contributed by atoms with E-state index in [0.29, 0.717) is 5.13 Å². The Kier molecular flexibility index (Phi) is 3.94. The first kappa shape index (κ1) is 14.4. The summed E-state index contributed by atoms with van der Waals surface area (Å²) in [6.45, 7) is 0. The van der Waals surface area contributed by atoms with Gasteiger partial charge in [-0.3, -0.25) is 9.78 Å². The predicted octanol–water partition coefficient (Wildman–Crippen LogP) is 3.01. The van der Waals surface area contributed by atoms with Crippen molar-refractivity contribution >= 4 is 34.9 Å². The summed E-state index contributed by atoms with van der Waals surface area (Å²) in [7, 11) is 0. The molecule has 0 fully saturated rings. The highest BCUT2D eigenvalue weighted by Gasteiger charge is 2.06. The lowest BCUT2D eigenvalue weighted by molar-refractivity contribution is 0.449. The van der Waals surface area contributed by atoms with E-state index in [-0.39, 0.29) is 16.2 Å². The van der Waals surface area contributed by atoms with Gasteiger partial charge >= 0.3 is 0 Å². The minimum atomic E-state index is -0.509. The van der Waals surface area contributed by atoms with Gasteiger partial charge in [0.15, 0.2) is 4.77 Å². The largest absolute Gasteiger partial charge is 0.494 e. The molecule has 0 saturated carbocycles. The van der Waals surface area contributed by atoms with Crippen molar-refractivity contribution in [3.05, 3.63) is 56.4 Å². The Bertz CT molecular complexity index is 941. The molecule has 6 nitrogen and oxygen atoms in total. The molecule has 0 spiro atoms. The third-order valence-electron chi connectivity index (χ3n) is 2.82. The third kappa shape index (κ3) is 3.02. The van der Waals surface area contributed by atoms with E-state index >= 15 is 0 Å². The van der Waals surface area contributed by atoms with Crippen LogP contribution >= 0.6 is 23.6 Å². The minimum absolute atomic E-state index is 0.00469. The average Bonchev–Trinajstić information content (AvgIpc) is 2.96. The second kappa shape index (κ2) is 6.04. The van der Waals surface area contributed by atoms with Crippen LogP contribution in [0, 0.1) is 4.77 Å². The highest BCUT2D eigenvalue weighted by molar-refractivity contribution is 7.71. The number of hydrogen-bond acceptors (Lipinski definition) is 6. The monoisotopic (exact) mass is 330 g/mol. The highest BCUT2D eigenvalue weighted by atomic mass is 32.1. The molecule has 3 rings (SSSR count). The second-order valence-electron chi connectivity index (χ2n) is 4.31. The van der Waals surface area contributed by atoms with Crippen molar-refractivity contribution < 1.29 is 5.11 Å². The van der Waals surface area contributed by atoms with E-state index in [1.807, 2.05) is 35.7 Å². The Labute approximate surface area is 133 Å². The van der Waals surface area contributed by atoms with Gasteiger partial charge in [-0.15, -0.1) is 11.3 Å². The maximum Gasteiger partial charge on any atom is 0.264 e. The summed E-state index contributed by atoms with van der Waals surface area (Å²) in [5, 5.41) is 12.0. The number of rotatable bonds is 3. The molecule has 0 atom stereocenters. The Hall–Kier alpha value is -2.58. The summed E-state index contributed by atoms with van der Waals surface area (Å²) < 4.78 is 0.0558. The van der Waals surface area contributed by atoms with E-state index in [2.05, 4.69) is 19.9 Å². The van der Waals surface area contributed by atoms with Crippen LogP contribution in [0.1, 0.15) is 5.56 Å². The smallest absolute Gasteiger partial charge is 0.264 e. The van der Waals surface area contributed by atoms with E-state index in [1.54, 1.807) is 0 Å². The summed E-state index contributed by atoms with van der Waals surface area (Å²) in [6, 6.07) is 9.71. The fourth-order valence-electron chi connectivity index (χ4n) is 1.79. The number of aromatic amines is 2. The zero-order valence-electron chi connectivity index (χ0n) is 11.1. The zero-order chi connectivity index (χ0) is 15.5. The number of hydrogen-bond donors (Lipinski definition) is 3. The van der Waals surface area contributed by atoms with Crippen LogP contribution in [0.15, 0.2) is 45.5 Å². The normalized spacial score (nSPS) is 11.1. The topological polar surface area (TPSA) is 94.1 Å². The standard InChI is InChI=1S/C14H10N4O2S2/c19-11-9(12(20)18-13(21)17-11)6-15-14-16-10(7-22-14)8-4-2-1-3-5-8/h1-7H,(H3,17,18,19,20,21). The van der Waals surface area contributed by atoms with Crippen molar-refractivity contribution in [2.75, 3.05) is 0 Å². The molecule has 0 radical (unpaired) electrons. The molecule has 0 aliphatic heterocycles. The number of H-pyrrole nitrogens is 2. The molecule has 0 aliphatic carbocycles. The SMILES string of the molecule is O=c1[nH]c(=S)[nH]c(O)c1C=Nc1nc(-c2ccccc2)cs1. The lowest BCUT2D eigenvalue weighted by Crippen LogP contribution is -2.13. The van der Waals surface area contributed by atoms with Crippen molar-refractivity contribution in [3.8, 4) is 17.1 Å². The summed E-state index contributed by atoms with van der Waals surface area (Å²) >= 11 is 6.10. The fraction of sp³-hybridized carbons (Fsp3) is 0. The molecule has 22 heavy (non-hydrogen) atoms. The molecular weight excluding hydrogens is 320 g/mol. The molecule has 0 unspecified atom stereocenters. The van der Waals surface area contributed by atoms with Crippen LogP contribution in [-0.2, 0) is 0 Å². The molecule has 2 aromatic heterocycles. The Balaban J connectivity index is 1.90. The quantitative estimate of drug-likeness (QED) is 0.508. The van der Waals surface area contributed by atoms with Crippen LogP contribution in [0.5, 0.6) is 5.88 Å². The van der Waals surface area contributed by atoms with Crippen LogP contribution < -0.4 is 5.56 Å². The summed E-state index contributed by atoms with van der Waals surface area (Å²) in [5.41, 5.74) is 1.29. The average molecular weight is 330 g/mol. The summed E-state index contributed by atoms with van der Waals surface area (Å²) in [4.78, 5) is 25.0. The van der Waals surface area contributed by atoms with Crippen molar-refractivity contribution in [2.45, 2.75) is 0 Å². The number of nitrogens with zero attached hydrogens (tertiary/aromatic N) is 2. The van der Waals surface area contributed by atoms with Crippen molar-refractivity contribution in [1.29, 1.82) is 0 Å². The third-order valence-corrected chi connectivity index (χ3v) is 3.78. The second-order valence-corrected chi connectivity index (χ2v) is 5.55. The first-order chi connectivity index (χ1) is 10.6. The molecule has 8 heteroatoms. The van der Waals surface area contributed by atoms with E-state index in [0.717, 1.165) is 11.3 Å². The first-order valence-electron chi connectivity index (χ1n) is 6.24. The highest BCUT2D eigenvalue weighted by Crippen LogP contribution is 2.26. The van der Waals surface area contributed by atoms with Gasteiger partial charge in [-0.25, -0.2) is 9.98 Å². The van der Waals surface area contributed by atoms with Crippen LogP contribution in [0.4, 0.5) is 5.13 Å². The fourth-order valence-corrected chi connectivity index (χ4v) is 2.65. The van der Waals surface area contributed by atoms with Gasteiger partial charge < -0.3 is 10.1 Å². The van der Waals surface area contributed by atoms with Gasteiger partial charge in [-0.1, -0.05) is 30.3 Å². The van der Waals surface area contributed by atoms with Crippen LogP contribution in [0.25, 0.3) is 11.3 Å². The molecule has 0 aliphatic rings. The van der Waals surface area contributed by atoms with Gasteiger partial charge in [0.1, 0.15) is 5.56 Å². The molecule has 3 aromatic rings. The van der Waals surface area contributed by atoms with E-state index in [4.69, 9.17) is 12.2 Å². The van der Waals surface area contributed by atoms with Gasteiger partial charge in [-0.2, -0.15) is 0 Å². The lowest BCUT2D eigenvalue weighted by Gasteiger charge is -1.96. The number of benzene rings is 1. The molecule has 2 heterocycles. The van der Waals surface area contributed by atoms with E-state index < -0.39 is 5.56 Å². The Morgan fingerprint density at radius 1 is 1.27 bits per heavy atom. The van der Waals surface area contributed by atoms with Gasteiger partial charge in [-0.05, 0) is 12.2 Å². The van der Waals surface area contributed by atoms with Crippen LogP contribution in [0.3, 0.4) is 0 Å². The van der Waals surface area contributed by atoms with Crippen LogP contribution in [-0.4, -0.2) is 26.3 Å². The lowest BCUT2D eigenvalue weighted by atomic mass is 10.2. The molecule has 0 amide bonds. The van der Waals surface area contributed by atoms with Gasteiger partial charge in [0.05, 0.1) is 5.69 Å². The summed E-state index contributed by atoms with van der Waals surface area (Å²) in [5.74, 6) is -0.322. The minimum Gasteiger partial charge on any atom is -0.494 e. The Morgan fingerprint density at radius 3 is 2.77 bits per heavy atom. The van der Waals surface area contributed by atoms with Crippen molar-refractivity contribution in [3.63, 3.8) is 0 Å². The molecule has 110 valence electrons. The number of aliphatic imine (C=N–C) groups is 1. The predicted molar refractivity (Wildman–Crippen MR) is 88.7 cm³/mol. The van der Waals surface area contributed by atoms with Gasteiger partial charge in [0.2, 0.25) is 11.0 Å². The molecule has 1 aromatic carbocycles. The Morgan fingerprint density at radius 2 is 2.05 bits per heavy atom. The van der Waals surface area contributed by atoms with Gasteiger partial charge in [0.25, 0.3) is 5.56 Å². The van der Waals surface area contributed by atoms with E-state index in [9.17, 15) is 9.90 Å². The van der Waals surface area contributed by atoms with Gasteiger partial charge in [0, 0.05) is 17.2 Å². The zero-order valence-corrected chi connectivity index (χ0v) is 12.7. The molecule has 0 bridgehead atoms. The first-order valence-corrected chi connectivity index (χ1v) is 7.53. The maximum absolute atomic E-state index is 11.7. The number of aromatic hydroxyl groups is 1. The summed E-state index contributed by atoms with van der Waals surface area (Å²) in [6.07, 6.45) is 1.26. The number of thiazole rings is 1. The molecule has 0 saturated heterocycles. The van der Waals surface area contributed by atoms with E-state index in [1.165, 1.54) is 17.6 Å². The van der Waals surface area contributed by atoms with Crippen molar-refractivity contribution in [1.82, 2.24) is 15.0 Å².